The number of hydrogen-bond acceptors (Lipinski definition) is 3. The van der Waals surface area contributed by atoms with Crippen molar-refractivity contribution in [3.63, 3.8) is 0 Å². The maximum atomic E-state index is 6.17. The molecule has 0 aliphatic heterocycles. The number of furan rings is 1. The predicted molar refractivity (Wildman–Crippen MR) is 138 cm³/mol. The third-order valence-corrected chi connectivity index (χ3v) is 6.43. The topological polar surface area (TPSA) is 38.9 Å². The van der Waals surface area contributed by atoms with Crippen LogP contribution in [0.15, 0.2) is 106 Å². The van der Waals surface area contributed by atoms with Gasteiger partial charge in [-0.2, -0.15) is 0 Å². The van der Waals surface area contributed by atoms with Gasteiger partial charge in [0, 0.05) is 37.5 Å². The molecule has 0 unspecified atom stereocenters. The minimum Gasteiger partial charge on any atom is -0.456 e. The van der Waals surface area contributed by atoms with Crippen LogP contribution < -0.4 is 0 Å². The molecule has 0 radical (unpaired) electrons. The standard InChI is InChI=1S/C29H19BrN2O/c1-18-27(19-9-4-2-5-10-19)31-29(20-11-6-3-7-12-20)32-28(18)22-13-8-14-25-26(22)23-17-21(30)15-16-24(23)33-25/h2-17H,1H3. The van der Waals surface area contributed by atoms with Crippen molar-refractivity contribution in [3.05, 3.63) is 107 Å². The molecule has 0 fully saturated rings. The van der Waals surface area contributed by atoms with Gasteiger partial charge in [0.25, 0.3) is 0 Å². The van der Waals surface area contributed by atoms with Gasteiger partial charge in [-0.1, -0.05) is 88.7 Å². The molecule has 4 heteroatoms. The zero-order chi connectivity index (χ0) is 22.4. The van der Waals surface area contributed by atoms with Crippen molar-refractivity contribution < 1.29 is 4.42 Å². The van der Waals surface area contributed by atoms with Gasteiger partial charge in [0.1, 0.15) is 11.2 Å². The SMILES string of the molecule is Cc1c(-c2ccccc2)nc(-c2ccccc2)nc1-c1cccc2oc3ccc(Br)cc3c12. The summed E-state index contributed by atoms with van der Waals surface area (Å²) in [4.78, 5) is 10.1. The van der Waals surface area contributed by atoms with E-state index in [4.69, 9.17) is 14.4 Å². The van der Waals surface area contributed by atoms with Crippen LogP contribution >= 0.6 is 15.9 Å². The average Bonchev–Trinajstić information content (AvgIpc) is 3.23. The van der Waals surface area contributed by atoms with E-state index in [2.05, 4.69) is 47.1 Å². The van der Waals surface area contributed by atoms with Crippen molar-refractivity contribution in [2.75, 3.05) is 0 Å². The molecule has 0 spiro atoms. The van der Waals surface area contributed by atoms with Crippen molar-refractivity contribution >= 4 is 37.9 Å². The highest BCUT2D eigenvalue weighted by atomic mass is 79.9. The third-order valence-electron chi connectivity index (χ3n) is 5.94. The van der Waals surface area contributed by atoms with Gasteiger partial charge in [0.15, 0.2) is 5.82 Å². The molecule has 4 aromatic carbocycles. The Hall–Kier alpha value is -3.76. The number of rotatable bonds is 3. The van der Waals surface area contributed by atoms with Crippen LogP contribution in [0.3, 0.4) is 0 Å². The summed E-state index contributed by atoms with van der Waals surface area (Å²) in [5.41, 5.74) is 7.70. The summed E-state index contributed by atoms with van der Waals surface area (Å²) in [6.07, 6.45) is 0. The molecule has 0 saturated carbocycles. The molecule has 0 aliphatic rings. The monoisotopic (exact) mass is 490 g/mol. The van der Waals surface area contributed by atoms with Crippen LogP contribution in [-0.4, -0.2) is 9.97 Å². The Morgan fingerprint density at radius 3 is 2.12 bits per heavy atom. The second-order valence-corrected chi connectivity index (χ2v) is 8.94. The van der Waals surface area contributed by atoms with E-state index in [-0.39, 0.29) is 0 Å². The average molecular weight is 491 g/mol. The van der Waals surface area contributed by atoms with Gasteiger partial charge >= 0.3 is 0 Å². The molecular formula is C29H19BrN2O. The van der Waals surface area contributed by atoms with Crippen LogP contribution in [0.4, 0.5) is 0 Å². The highest BCUT2D eigenvalue weighted by Gasteiger charge is 2.19. The summed E-state index contributed by atoms with van der Waals surface area (Å²) in [5.74, 6) is 0.709. The first-order valence-electron chi connectivity index (χ1n) is 10.8. The van der Waals surface area contributed by atoms with E-state index in [1.807, 2.05) is 72.8 Å². The first kappa shape index (κ1) is 19.9. The van der Waals surface area contributed by atoms with E-state index < -0.39 is 0 Å². The van der Waals surface area contributed by atoms with Gasteiger partial charge in [0.2, 0.25) is 0 Å². The van der Waals surface area contributed by atoms with Crippen LogP contribution in [0.25, 0.3) is 55.8 Å². The lowest BCUT2D eigenvalue weighted by molar-refractivity contribution is 0.669. The number of benzene rings is 4. The first-order chi connectivity index (χ1) is 16.2. The molecule has 0 N–H and O–H groups in total. The third kappa shape index (κ3) is 3.43. The number of aromatic nitrogens is 2. The molecule has 3 nitrogen and oxygen atoms in total. The smallest absolute Gasteiger partial charge is 0.160 e. The lowest BCUT2D eigenvalue weighted by atomic mass is 9.97. The normalized spacial score (nSPS) is 11.3. The Morgan fingerprint density at radius 1 is 0.667 bits per heavy atom. The van der Waals surface area contributed by atoms with Crippen molar-refractivity contribution in [2.24, 2.45) is 0 Å². The minimum atomic E-state index is 0.709. The molecule has 6 rings (SSSR count). The summed E-state index contributed by atoms with van der Waals surface area (Å²) >= 11 is 3.62. The molecule has 0 amide bonds. The van der Waals surface area contributed by atoms with E-state index in [0.717, 1.165) is 60.1 Å². The largest absolute Gasteiger partial charge is 0.456 e. The zero-order valence-electron chi connectivity index (χ0n) is 17.9. The van der Waals surface area contributed by atoms with Crippen LogP contribution in [0, 0.1) is 6.92 Å². The van der Waals surface area contributed by atoms with Gasteiger partial charge in [-0.3, -0.25) is 0 Å². The number of hydrogen-bond donors (Lipinski definition) is 0. The molecule has 0 atom stereocenters. The van der Waals surface area contributed by atoms with Crippen molar-refractivity contribution in [1.29, 1.82) is 0 Å². The Morgan fingerprint density at radius 2 is 1.36 bits per heavy atom. The Kier molecular flexibility index (Phi) is 4.81. The number of halogens is 1. The van der Waals surface area contributed by atoms with Gasteiger partial charge in [-0.25, -0.2) is 9.97 Å². The van der Waals surface area contributed by atoms with Crippen molar-refractivity contribution in [3.8, 4) is 33.9 Å². The molecule has 6 aromatic rings. The van der Waals surface area contributed by atoms with Crippen LogP contribution in [0.5, 0.6) is 0 Å². The summed E-state index contributed by atoms with van der Waals surface area (Å²) in [6.45, 7) is 2.10. The summed E-state index contributed by atoms with van der Waals surface area (Å²) in [7, 11) is 0. The molecule has 0 aliphatic carbocycles. The fraction of sp³-hybridized carbons (Fsp3) is 0.0345. The van der Waals surface area contributed by atoms with Crippen molar-refractivity contribution in [2.45, 2.75) is 6.92 Å². The molecule has 158 valence electrons. The van der Waals surface area contributed by atoms with Crippen LogP contribution in [0.2, 0.25) is 0 Å². The predicted octanol–water partition coefficient (Wildman–Crippen LogP) is 8.45. The highest BCUT2D eigenvalue weighted by Crippen LogP contribution is 2.40. The minimum absolute atomic E-state index is 0.709. The molecule has 2 heterocycles. The molecular weight excluding hydrogens is 472 g/mol. The van der Waals surface area contributed by atoms with Crippen molar-refractivity contribution in [1.82, 2.24) is 9.97 Å². The fourth-order valence-corrected chi connectivity index (χ4v) is 4.73. The number of fused-ring (bicyclic) bond motifs is 3. The van der Waals surface area contributed by atoms with E-state index in [1.54, 1.807) is 0 Å². The first-order valence-corrected chi connectivity index (χ1v) is 11.6. The maximum Gasteiger partial charge on any atom is 0.160 e. The molecule has 0 saturated heterocycles. The second-order valence-electron chi connectivity index (χ2n) is 8.02. The summed E-state index contributed by atoms with van der Waals surface area (Å²) in [6, 6.07) is 32.7. The van der Waals surface area contributed by atoms with E-state index in [0.29, 0.717) is 5.82 Å². The Labute approximate surface area is 199 Å². The summed E-state index contributed by atoms with van der Waals surface area (Å²) in [5, 5.41) is 2.13. The van der Waals surface area contributed by atoms with Gasteiger partial charge in [0.05, 0.1) is 11.4 Å². The summed E-state index contributed by atoms with van der Waals surface area (Å²) < 4.78 is 7.19. The quantitative estimate of drug-likeness (QED) is 0.249. The van der Waals surface area contributed by atoms with Gasteiger partial charge in [-0.15, -0.1) is 0 Å². The van der Waals surface area contributed by atoms with E-state index >= 15 is 0 Å². The van der Waals surface area contributed by atoms with Gasteiger partial charge < -0.3 is 4.42 Å². The second kappa shape index (κ2) is 7.98. The Balaban J connectivity index is 1.70. The molecule has 33 heavy (non-hydrogen) atoms. The molecule has 2 aromatic heterocycles. The Bertz CT molecular complexity index is 1620. The fourth-order valence-electron chi connectivity index (χ4n) is 4.37. The maximum absolute atomic E-state index is 6.17. The van der Waals surface area contributed by atoms with Gasteiger partial charge in [-0.05, 0) is 31.2 Å². The lowest BCUT2D eigenvalue weighted by Gasteiger charge is -2.14. The number of nitrogens with zero attached hydrogens (tertiary/aromatic N) is 2. The zero-order valence-corrected chi connectivity index (χ0v) is 19.5. The van der Waals surface area contributed by atoms with E-state index in [9.17, 15) is 0 Å². The van der Waals surface area contributed by atoms with E-state index in [1.165, 1.54) is 0 Å². The highest BCUT2D eigenvalue weighted by molar-refractivity contribution is 9.10. The van der Waals surface area contributed by atoms with Crippen LogP contribution in [-0.2, 0) is 0 Å². The lowest BCUT2D eigenvalue weighted by Crippen LogP contribution is -2.00. The molecule has 0 bridgehead atoms. The van der Waals surface area contributed by atoms with Crippen LogP contribution in [0.1, 0.15) is 5.56 Å².